The number of carbonyl (C=O) groups is 1. The fraction of sp³-hybridized carbons (Fsp3) is 0.308. The van der Waals surface area contributed by atoms with E-state index in [0.717, 1.165) is 0 Å². The van der Waals surface area contributed by atoms with E-state index in [1.54, 1.807) is 25.1 Å². The molecule has 0 aliphatic rings. The second-order valence-corrected chi connectivity index (χ2v) is 4.16. The van der Waals surface area contributed by atoms with Gasteiger partial charge in [0.25, 0.3) is 0 Å². The van der Waals surface area contributed by atoms with Gasteiger partial charge in [0, 0.05) is 5.69 Å². The van der Waals surface area contributed by atoms with Crippen LogP contribution in [0.25, 0.3) is 0 Å². The third-order valence-corrected chi connectivity index (χ3v) is 2.64. The van der Waals surface area contributed by atoms with Gasteiger partial charge >= 0.3 is 0 Å². The van der Waals surface area contributed by atoms with Crippen LogP contribution in [0.5, 0.6) is 0 Å². The van der Waals surface area contributed by atoms with Gasteiger partial charge in [0.05, 0.1) is 0 Å². The molecule has 1 atom stereocenters. The van der Waals surface area contributed by atoms with Crippen molar-refractivity contribution in [3.63, 3.8) is 0 Å². The van der Waals surface area contributed by atoms with Crippen LogP contribution < -0.4 is 11.1 Å². The summed E-state index contributed by atoms with van der Waals surface area (Å²) in [7, 11) is 0. The lowest BCUT2D eigenvalue weighted by Crippen LogP contribution is -2.47. The molecule has 92 valence electrons. The summed E-state index contributed by atoms with van der Waals surface area (Å²) in [5.74, 6) is -0.825. The molecule has 1 unspecified atom stereocenters. The first kappa shape index (κ1) is 13.2. The molecule has 0 saturated heterocycles. The number of nitrogens with one attached hydrogen (secondary N) is 1. The van der Waals surface area contributed by atoms with Crippen molar-refractivity contribution in [2.24, 2.45) is 5.73 Å². The largest absolute Gasteiger partial charge is 0.371 e. The molecule has 17 heavy (non-hydrogen) atoms. The zero-order chi connectivity index (χ0) is 12.9. The Morgan fingerprint density at radius 3 is 2.88 bits per heavy atom. The molecule has 1 aromatic carbocycles. The van der Waals surface area contributed by atoms with Gasteiger partial charge in [-0.05, 0) is 38.0 Å². The standard InChI is InChI=1S/C13H17FN2O/c1-3-4-8-13(2,12(15)17)16-11-7-5-6-10(14)9-11/h3,5-7,9,16H,1,4,8H2,2H3,(H2,15,17). The Morgan fingerprint density at radius 2 is 2.35 bits per heavy atom. The molecule has 3 nitrogen and oxygen atoms in total. The summed E-state index contributed by atoms with van der Waals surface area (Å²) in [4.78, 5) is 11.4. The van der Waals surface area contributed by atoms with Crippen LogP contribution in [0.15, 0.2) is 36.9 Å². The molecule has 0 radical (unpaired) electrons. The van der Waals surface area contributed by atoms with Crippen molar-refractivity contribution in [1.29, 1.82) is 0 Å². The van der Waals surface area contributed by atoms with E-state index in [0.29, 0.717) is 18.5 Å². The SMILES string of the molecule is C=CCCC(C)(Nc1cccc(F)c1)C(N)=O. The fourth-order valence-electron chi connectivity index (χ4n) is 1.52. The van der Waals surface area contributed by atoms with E-state index in [1.807, 2.05) is 0 Å². The highest BCUT2D eigenvalue weighted by molar-refractivity contribution is 5.87. The van der Waals surface area contributed by atoms with Crippen LogP contribution in [0.2, 0.25) is 0 Å². The van der Waals surface area contributed by atoms with Crippen LogP contribution in [0.1, 0.15) is 19.8 Å². The zero-order valence-corrected chi connectivity index (χ0v) is 9.87. The van der Waals surface area contributed by atoms with Crippen LogP contribution in [0, 0.1) is 5.82 Å². The van der Waals surface area contributed by atoms with Crippen molar-refractivity contribution in [3.8, 4) is 0 Å². The number of hydrogen-bond donors (Lipinski definition) is 2. The Bertz CT molecular complexity index is 420. The molecule has 0 heterocycles. The summed E-state index contributed by atoms with van der Waals surface area (Å²) in [5.41, 5.74) is 5.00. The first-order valence-electron chi connectivity index (χ1n) is 5.42. The predicted octanol–water partition coefficient (Wildman–Crippen LogP) is 2.45. The molecule has 1 rings (SSSR count). The van der Waals surface area contributed by atoms with Crippen LogP contribution >= 0.6 is 0 Å². The molecule has 0 aliphatic carbocycles. The maximum atomic E-state index is 13.0. The molecule has 0 aliphatic heterocycles. The van der Waals surface area contributed by atoms with E-state index in [9.17, 15) is 9.18 Å². The lowest BCUT2D eigenvalue weighted by molar-refractivity contribution is -0.121. The number of halogens is 1. The minimum atomic E-state index is -0.901. The number of rotatable bonds is 6. The molecule has 1 aromatic rings. The Labute approximate surface area is 101 Å². The number of primary amides is 1. The summed E-state index contributed by atoms with van der Waals surface area (Å²) < 4.78 is 13.0. The number of benzene rings is 1. The first-order valence-corrected chi connectivity index (χ1v) is 5.42. The van der Waals surface area contributed by atoms with Crippen molar-refractivity contribution in [2.45, 2.75) is 25.3 Å². The van der Waals surface area contributed by atoms with Gasteiger partial charge in [-0.2, -0.15) is 0 Å². The van der Waals surface area contributed by atoms with Gasteiger partial charge in [-0.15, -0.1) is 6.58 Å². The Kier molecular flexibility index (Phi) is 4.26. The number of carbonyl (C=O) groups excluding carboxylic acids is 1. The number of hydrogen-bond acceptors (Lipinski definition) is 2. The lowest BCUT2D eigenvalue weighted by atomic mass is 9.94. The van der Waals surface area contributed by atoms with E-state index in [1.165, 1.54) is 12.1 Å². The number of allylic oxidation sites excluding steroid dienone is 1. The van der Waals surface area contributed by atoms with E-state index in [4.69, 9.17) is 5.73 Å². The summed E-state index contributed by atoms with van der Waals surface area (Å²) >= 11 is 0. The zero-order valence-electron chi connectivity index (χ0n) is 9.87. The average Bonchev–Trinajstić information content (AvgIpc) is 2.26. The normalized spacial score (nSPS) is 13.8. The van der Waals surface area contributed by atoms with Gasteiger partial charge in [0.15, 0.2) is 0 Å². The van der Waals surface area contributed by atoms with Crippen molar-refractivity contribution in [1.82, 2.24) is 0 Å². The lowest BCUT2D eigenvalue weighted by Gasteiger charge is -2.28. The minimum Gasteiger partial charge on any atom is -0.371 e. The van der Waals surface area contributed by atoms with E-state index in [2.05, 4.69) is 11.9 Å². The number of nitrogens with two attached hydrogens (primary N) is 1. The van der Waals surface area contributed by atoms with Gasteiger partial charge in [-0.3, -0.25) is 4.79 Å². The molecule has 0 fully saturated rings. The second kappa shape index (κ2) is 5.48. The summed E-state index contributed by atoms with van der Waals surface area (Å²) in [6.07, 6.45) is 2.89. The van der Waals surface area contributed by atoms with Crippen LogP contribution in [-0.2, 0) is 4.79 Å². The Morgan fingerprint density at radius 1 is 1.65 bits per heavy atom. The van der Waals surface area contributed by atoms with Gasteiger partial charge < -0.3 is 11.1 Å². The van der Waals surface area contributed by atoms with Gasteiger partial charge in [-0.25, -0.2) is 4.39 Å². The molecule has 0 saturated carbocycles. The van der Waals surface area contributed by atoms with E-state index >= 15 is 0 Å². The molecule has 0 bridgehead atoms. The molecule has 0 aromatic heterocycles. The summed E-state index contributed by atoms with van der Waals surface area (Å²) in [6.45, 7) is 5.30. The Balaban J connectivity index is 2.86. The minimum absolute atomic E-state index is 0.356. The molecule has 0 spiro atoms. The maximum absolute atomic E-state index is 13.0. The van der Waals surface area contributed by atoms with Gasteiger partial charge in [0.1, 0.15) is 11.4 Å². The highest BCUT2D eigenvalue weighted by Gasteiger charge is 2.29. The molecular weight excluding hydrogens is 219 g/mol. The molecule has 3 N–H and O–H groups in total. The monoisotopic (exact) mass is 236 g/mol. The molecular formula is C13H17FN2O. The third-order valence-electron chi connectivity index (χ3n) is 2.64. The molecule has 1 amide bonds. The highest BCUT2D eigenvalue weighted by atomic mass is 19.1. The summed E-state index contributed by atoms with van der Waals surface area (Å²) in [5, 5.41) is 2.97. The van der Waals surface area contributed by atoms with Crippen LogP contribution in [0.3, 0.4) is 0 Å². The topological polar surface area (TPSA) is 55.1 Å². The smallest absolute Gasteiger partial charge is 0.242 e. The Hall–Kier alpha value is -1.84. The third kappa shape index (κ3) is 3.59. The van der Waals surface area contributed by atoms with E-state index < -0.39 is 11.4 Å². The van der Waals surface area contributed by atoms with Gasteiger partial charge in [-0.1, -0.05) is 12.1 Å². The first-order chi connectivity index (χ1) is 7.98. The average molecular weight is 236 g/mol. The number of anilines is 1. The fourth-order valence-corrected chi connectivity index (χ4v) is 1.52. The summed E-state index contributed by atoms with van der Waals surface area (Å²) in [6, 6.07) is 5.94. The molecule has 4 heteroatoms. The maximum Gasteiger partial charge on any atom is 0.242 e. The van der Waals surface area contributed by atoms with Gasteiger partial charge in [0.2, 0.25) is 5.91 Å². The predicted molar refractivity (Wildman–Crippen MR) is 67.1 cm³/mol. The van der Waals surface area contributed by atoms with Crippen molar-refractivity contribution in [3.05, 3.63) is 42.7 Å². The van der Waals surface area contributed by atoms with Crippen molar-refractivity contribution >= 4 is 11.6 Å². The van der Waals surface area contributed by atoms with E-state index in [-0.39, 0.29) is 5.82 Å². The van der Waals surface area contributed by atoms with Crippen molar-refractivity contribution in [2.75, 3.05) is 5.32 Å². The highest BCUT2D eigenvalue weighted by Crippen LogP contribution is 2.20. The number of amides is 1. The quantitative estimate of drug-likeness (QED) is 0.745. The van der Waals surface area contributed by atoms with Crippen LogP contribution in [0.4, 0.5) is 10.1 Å². The second-order valence-electron chi connectivity index (χ2n) is 4.16. The van der Waals surface area contributed by atoms with Crippen molar-refractivity contribution < 1.29 is 9.18 Å². The van der Waals surface area contributed by atoms with Crippen LogP contribution in [-0.4, -0.2) is 11.4 Å².